The molecule has 7 nitrogen and oxygen atoms in total. The van der Waals surface area contributed by atoms with Crippen LogP contribution in [0.25, 0.3) is 0 Å². The predicted octanol–water partition coefficient (Wildman–Crippen LogP) is 4.71. The van der Waals surface area contributed by atoms with Crippen molar-refractivity contribution >= 4 is 23.2 Å². The van der Waals surface area contributed by atoms with E-state index in [1.165, 1.54) is 0 Å². The van der Waals surface area contributed by atoms with E-state index in [2.05, 4.69) is 5.32 Å². The van der Waals surface area contributed by atoms with Gasteiger partial charge in [0.05, 0.1) is 6.54 Å². The second-order valence-corrected chi connectivity index (χ2v) is 9.27. The molecule has 8 heteroatoms. The zero-order valence-corrected chi connectivity index (χ0v) is 20.8. The van der Waals surface area contributed by atoms with E-state index in [1.807, 2.05) is 55.6 Å². The molecule has 1 aliphatic rings. The smallest absolute Gasteiger partial charge is 0.255 e. The van der Waals surface area contributed by atoms with Gasteiger partial charge in [0.2, 0.25) is 12.7 Å². The summed E-state index contributed by atoms with van der Waals surface area (Å²) in [4.78, 5) is 30.1. The van der Waals surface area contributed by atoms with E-state index in [0.29, 0.717) is 49.8 Å². The molecule has 2 aromatic carbocycles. The molecule has 1 aliphatic heterocycles. The van der Waals surface area contributed by atoms with Crippen LogP contribution in [0, 0.1) is 6.92 Å². The molecule has 3 aromatic rings. The fraction of sp³-hybridized carbons (Fsp3) is 0.333. The Bertz CT molecular complexity index is 1130. The van der Waals surface area contributed by atoms with E-state index in [0.717, 1.165) is 16.0 Å². The van der Waals surface area contributed by atoms with Crippen LogP contribution < -0.4 is 14.8 Å². The second-order valence-electron chi connectivity index (χ2n) is 8.24. The summed E-state index contributed by atoms with van der Waals surface area (Å²) in [6.07, 6.45) is 0.696. The summed E-state index contributed by atoms with van der Waals surface area (Å²) < 4.78 is 16.3. The summed E-state index contributed by atoms with van der Waals surface area (Å²) in [5, 5.41) is 4.97. The van der Waals surface area contributed by atoms with Gasteiger partial charge in [-0.3, -0.25) is 9.59 Å². The number of hydrogen-bond donors (Lipinski definition) is 1. The van der Waals surface area contributed by atoms with E-state index in [9.17, 15) is 9.59 Å². The van der Waals surface area contributed by atoms with Crippen molar-refractivity contribution in [2.75, 3.05) is 26.6 Å². The summed E-state index contributed by atoms with van der Waals surface area (Å²) in [7, 11) is 0. The quantitative estimate of drug-likeness (QED) is 0.391. The van der Waals surface area contributed by atoms with Crippen LogP contribution in [0.2, 0.25) is 0 Å². The monoisotopic (exact) mass is 494 g/mol. The molecule has 1 unspecified atom stereocenters. The maximum Gasteiger partial charge on any atom is 0.255 e. The van der Waals surface area contributed by atoms with Gasteiger partial charge >= 0.3 is 0 Å². The highest BCUT2D eigenvalue weighted by Gasteiger charge is 2.33. The molecule has 1 atom stereocenters. The Kier molecular flexibility index (Phi) is 8.39. The Balaban J connectivity index is 1.66. The molecular formula is C27H30N2O5S. The van der Waals surface area contributed by atoms with Gasteiger partial charge in [0.25, 0.3) is 5.91 Å². The van der Waals surface area contributed by atoms with Crippen LogP contribution in [0.15, 0.2) is 60.0 Å². The summed E-state index contributed by atoms with van der Waals surface area (Å²) in [5.74, 6) is 0.649. The van der Waals surface area contributed by atoms with Gasteiger partial charge in [-0.05, 0) is 55.5 Å². The predicted molar refractivity (Wildman–Crippen MR) is 135 cm³/mol. The topological polar surface area (TPSA) is 77.1 Å². The molecule has 0 aliphatic carbocycles. The number of nitrogens with one attached hydrogen (secondary N) is 1. The van der Waals surface area contributed by atoms with Crippen molar-refractivity contribution in [2.24, 2.45) is 0 Å². The molecule has 0 spiro atoms. The van der Waals surface area contributed by atoms with Crippen molar-refractivity contribution in [3.63, 3.8) is 0 Å². The number of benzene rings is 2. The average molecular weight is 495 g/mol. The molecule has 2 amide bonds. The minimum Gasteiger partial charge on any atom is -0.454 e. The van der Waals surface area contributed by atoms with Crippen LogP contribution in [0.4, 0.5) is 0 Å². The molecular weight excluding hydrogens is 464 g/mol. The normalized spacial score (nSPS) is 12.9. The number of amides is 2. The molecule has 0 saturated carbocycles. The van der Waals surface area contributed by atoms with Gasteiger partial charge < -0.3 is 24.4 Å². The third-order valence-electron chi connectivity index (χ3n) is 5.71. The molecule has 0 radical (unpaired) electrons. The molecule has 0 bridgehead atoms. The lowest BCUT2D eigenvalue weighted by Crippen LogP contribution is -2.43. The van der Waals surface area contributed by atoms with Gasteiger partial charge in [0.1, 0.15) is 6.04 Å². The first-order chi connectivity index (χ1) is 17.1. The lowest BCUT2D eigenvalue weighted by molar-refractivity contribution is -0.126. The van der Waals surface area contributed by atoms with Crippen molar-refractivity contribution in [1.82, 2.24) is 10.2 Å². The Labute approximate surface area is 209 Å². The number of nitrogens with zero attached hydrogens (tertiary/aromatic N) is 1. The number of carbonyl (C=O) groups excluding carboxylic acids is 2. The number of fused-ring (bicyclic) bond motifs is 1. The minimum atomic E-state index is -0.803. The van der Waals surface area contributed by atoms with Crippen molar-refractivity contribution in [3.05, 3.63) is 81.5 Å². The standard InChI is InChI=1S/C27H30N2O5S/c1-3-32-14-5-13-28-26(30)25(20-9-7-19(2)8-10-20)29(17-22-6-4-15-35-22)27(31)21-11-12-23-24(16-21)34-18-33-23/h4,6-12,15-16,25H,3,5,13-14,17-18H2,1-2H3,(H,28,30). The Morgan fingerprint density at radius 2 is 1.91 bits per heavy atom. The van der Waals surface area contributed by atoms with Crippen LogP contribution >= 0.6 is 11.3 Å². The van der Waals surface area contributed by atoms with Crippen LogP contribution in [0.3, 0.4) is 0 Å². The van der Waals surface area contributed by atoms with Crippen molar-refractivity contribution < 1.29 is 23.8 Å². The van der Waals surface area contributed by atoms with Crippen molar-refractivity contribution in [3.8, 4) is 11.5 Å². The van der Waals surface area contributed by atoms with Gasteiger partial charge in [-0.1, -0.05) is 35.9 Å². The van der Waals surface area contributed by atoms with Crippen LogP contribution in [-0.4, -0.2) is 43.3 Å². The summed E-state index contributed by atoms with van der Waals surface area (Å²) in [6, 6.07) is 16.0. The van der Waals surface area contributed by atoms with E-state index in [-0.39, 0.29) is 18.6 Å². The van der Waals surface area contributed by atoms with E-state index >= 15 is 0 Å². The zero-order valence-electron chi connectivity index (χ0n) is 20.0. The van der Waals surface area contributed by atoms with Crippen LogP contribution in [0.5, 0.6) is 11.5 Å². The number of carbonyl (C=O) groups is 2. The van der Waals surface area contributed by atoms with Crippen LogP contribution in [0.1, 0.15) is 45.7 Å². The van der Waals surface area contributed by atoms with Gasteiger partial charge in [0, 0.05) is 30.2 Å². The highest BCUT2D eigenvalue weighted by atomic mass is 32.1. The summed E-state index contributed by atoms with van der Waals surface area (Å²) >= 11 is 1.55. The fourth-order valence-electron chi connectivity index (χ4n) is 3.89. The Morgan fingerprint density at radius 3 is 2.66 bits per heavy atom. The number of hydrogen-bond acceptors (Lipinski definition) is 6. The Morgan fingerprint density at radius 1 is 1.11 bits per heavy atom. The molecule has 1 aromatic heterocycles. The molecule has 1 N–H and O–H groups in total. The Hall–Kier alpha value is -3.36. The van der Waals surface area contributed by atoms with Gasteiger partial charge in [0.15, 0.2) is 11.5 Å². The average Bonchev–Trinajstić information content (AvgIpc) is 3.55. The number of rotatable bonds is 11. The number of aryl methyl sites for hydroxylation is 1. The van der Waals surface area contributed by atoms with Crippen LogP contribution in [-0.2, 0) is 16.1 Å². The number of thiophene rings is 1. The highest BCUT2D eigenvalue weighted by molar-refractivity contribution is 7.09. The fourth-order valence-corrected chi connectivity index (χ4v) is 4.60. The zero-order chi connectivity index (χ0) is 24.6. The minimum absolute atomic E-state index is 0.127. The largest absolute Gasteiger partial charge is 0.454 e. The second kappa shape index (κ2) is 11.9. The molecule has 0 fully saturated rings. The third-order valence-corrected chi connectivity index (χ3v) is 6.57. The van der Waals surface area contributed by atoms with E-state index in [1.54, 1.807) is 34.4 Å². The molecule has 184 valence electrons. The first kappa shape index (κ1) is 24.8. The van der Waals surface area contributed by atoms with Crippen molar-refractivity contribution in [1.29, 1.82) is 0 Å². The summed E-state index contributed by atoms with van der Waals surface area (Å²) in [6.45, 7) is 6.04. The maximum atomic E-state index is 13.9. The molecule has 2 heterocycles. The molecule has 0 saturated heterocycles. The van der Waals surface area contributed by atoms with Gasteiger partial charge in [-0.2, -0.15) is 0 Å². The molecule has 35 heavy (non-hydrogen) atoms. The van der Waals surface area contributed by atoms with Gasteiger partial charge in [-0.15, -0.1) is 11.3 Å². The first-order valence-electron chi connectivity index (χ1n) is 11.7. The van der Waals surface area contributed by atoms with E-state index in [4.69, 9.17) is 14.2 Å². The highest BCUT2D eigenvalue weighted by Crippen LogP contribution is 2.34. The summed E-state index contributed by atoms with van der Waals surface area (Å²) in [5.41, 5.74) is 2.27. The maximum absolute atomic E-state index is 13.9. The van der Waals surface area contributed by atoms with Crippen molar-refractivity contribution in [2.45, 2.75) is 32.9 Å². The van der Waals surface area contributed by atoms with E-state index < -0.39 is 6.04 Å². The molecule has 4 rings (SSSR count). The van der Waals surface area contributed by atoms with Gasteiger partial charge in [-0.25, -0.2) is 0 Å². The lowest BCUT2D eigenvalue weighted by atomic mass is 10.0. The lowest BCUT2D eigenvalue weighted by Gasteiger charge is -2.31. The first-order valence-corrected chi connectivity index (χ1v) is 12.6. The number of ether oxygens (including phenoxy) is 3. The SMILES string of the molecule is CCOCCCNC(=O)C(c1ccc(C)cc1)N(Cc1cccs1)C(=O)c1ccc2c(c1)OCO2. The third kappa shape index (κ3) is 6.21.